The monoisotopic (exact) mass is 614 g/mol. The predicted octanol–water partition coefficient (Wildman–Crippen LogP) is -1.92. The Kier molecular flexibility index (Phi) is 16.2. The first-order valence-corrected chi connectivity index (χ1v) is 14.1. The zero-order valence-corrected chi connectivity index (χ0v) is 28.7. The summed E-state index contributed by atoms with van der Waals surface area (Å²) in [5, 5.41) is 4.65. The van der Waals surface area contributed by atoms with Gasteiger partial charge in [0.15, 0.2) is 0 Å². The van der Waals surface area contributed by atoms with E-state index in [9.17, 15) is 35.5 Å². The average Bonchev–Trinajstić information content (AvgIpc) is 2.80. The fourth-order valence-electron chi connectivity index (χ4n) is 2.90. The first-order valence-electron chi connectivity index (χ1n) is 11.3. The van der Waals surface area contributed by atoms with E-state index < -0.39 is 42.2 Å². The molecule has 40 heavy (non-hydrogen) atoms. The number of benzene rings is 2. The molecular weight excluding hydrogens is 586 g/mol. The zero-order valence-electron chi connectivity index (χ0n) is 23.1. The zero-order chi connectivity index (χ0) is 28.7. The van der Waals surface area contributed by atoms with Gasteiger partial charge in [0.2, 0.25) is 0 Å². The SMILES string of the molecule is CC(C)COC(=O)Nc1ccc(/C=C/c2ccc(NC(=O)OCC(C)C)cc2S(=O)(=O)[O-])c(S(=O)(=O)[O-])c1.[Na+].[Na+]. The van der Waals surface area contributed by atoms with Gasteiger partial charge in [0.1, 0.15) is 20.2 Å². The molecule has 0 heterocycles. The molecule has 0 radical (unpaired) electrons. The van der Waals surface area contributed by atoms with E-state index in [1.54, 1.807) is 0 Å². The van der Waals surface area contributed by atoms with Crippen LogP contribution in [-0.4, -0.2) is 51.3 Å². The predicted molar refractivity (Wildman–Crippen MR) is 137 cm³/mol. The molecule has 0 saturated carbocycles. The fourth-order valence-corrected chi connectivity index (χ4v) is 4.30. The number of anilines is 2. The van der Waals surface area contributed by atoms with Crippen molar-refractivity contribution in [2.75, 3.05) is 23.8 Å². The first kappa shape index (κ1) is 38.5. The van der Waals surface area contributed by atoms with Gasteiger partial charge in [0, 0.05) is 11.4 Å². The maximum Gasteiger partial charge on any atom is 1.00 e. The summed E-state index contributed by atoms with van der Waals surface area (Å²) in [6.07, 6.45) is 0.561. The minimum absolute atomic E-state index is 0. The van der Waals surface area contributed by atoms with Crippen LogP contribution in [0.25, 0.3) is 12.2 Å². The standard InChI is InChI=1S/C24H30N2O10S2.2Na/c1-15(2)13-35-23(27)25-19-9-7-17(21(11-19)37(29,30)31)5-6-18-8-10-20(12-22(18)38(32,33)34)26-24(28)36-14-16(3)4;;/h5-12,15-16H,13-14H2,1-4H3,(H,25,27)(H,26,28)(H,29,30,31)(H,32,33,34);;/q;2*+1/p-2/b6-5+;;. The van der Waals surface area contributed by atoms with Crippen molar-refractivity contribution in [3.63, 3.8) is 0 Å². The second-order valence-corrected chi connectivity index (χ2v) is 11.7. The smallest absolute Gasteiger partial charge is 0.744 e. The Morgan fingerprint density at radius 3 is 1.32 bits per heavy atom. The van der Waals surface area contributed by atoms with Crippen molar-refractivity contribution in [1.29, 1.82) is 0 Å². The normalized spacial score (nSPS) is 11.5. The van der Waals surface area contributed by atoms with E-state index in [4.69, 9.17) is 9.47 Å². The molecule has 0 fully saturated rings. The van der Waals surface area contributed by atoms with E-state index in [-0.39, 0.29) is 107 Å². The number of nitrogens with one attached hydrogen (secondary N) is 2. The molecule has 12 nitrogen and oxygen atoms in total. The van der Waals surface area contributed by atoms with Gasteiger partial charge in [0.05, 0.1) is 23.0 Å². The van der Waals surface area contributed by atoms with Gasteiger partial charge in [-0.05, 0) is 47.2 Å². The van der Waals surface area contributed by atoms with Crippen LogP contribution in [0.5, 0.6) is 0 Å². The Bertz CT molecular complexity index is 1320. The van der Waals surface area contributed by atoms with Crippen molar-refractivity contribution in [2.24, 2.45) is 11.8 Å². The number of carbonyl (C=O) groups is 2. The first-order chi connectivity index (χ1) is 17.6. The van der Waals surface area contributed by atoms with E-state index in [1.165, 1.54) is 24.3 Å². The molecule has 0 aliphatic carbocycles. The van der Waals surface area contributed by atoms with Crippen LogP contribution >= 0.6 is 0 Å². The van der Waals surface area contributed by atoms with Gasteiger partial charge in [-0.3, -0.25) is 10.6 Å². The molecule has 16 heteroatoms. The Morgan fingerprint density at radius 1 is 0.725 bits per heavy atom. The van der Waals surface area contributed by atoms with Gasteiger partial charge in [0.25, 0.3) is 0 Å². The molecule has 0 saturated heterocycles. The van der Waals surface area contributed by atoms with Gasteiger partial charge in [-0.1, -0.05) is 52.0 Å². The van der Waals surface area contributed by atoms with Crippen LogP contribution in [0.3, 0.4) is 0 Å². The second-order valence-electron chi connectivity index (χ2n) is 8.98. The van der Waals surface area contributed by atoms with Gasteiger partial charge in [-0.2, -0.15) is 0 Å². The summed E-state index contributed by atoms with van der Waals surface area (Å²) in [5.74, 6) is 0.134. The van der Waals surface area contributed by atoms with Crippen LogP contribution in [-0.2, 0) is 29.7 Å². The van der Waals surface area contributed by atoms with Crippen LogP contribution in [0.1, 0.15) is 38.8 Å². The summed E-state index contributed by atoms with van der Waals surface area (Å²) in [6.45, 7) is 7.55. The average molecular weight is 615 g/mol. The molecular formula is C24H28N2Na2O10S2. The van der Waals surface area contributed by atoms with Gasteiger partial charge in [-0.25, -0.2) is 26.4 Å². The Balaban J connectivity index is 0.00000760. The molecule has 0 aliphatic rings. The maximum absolute atomic E-state index is 11.9. The third-order valence-corrected chi connectivity index (χ3v) is 6.38. The van der Waals surface area contributed by atoms with Crippen molar-refractivity contribution >= 4 is 55.9 Å². The summed E-state index contributed by atoms with van der Waals surface area (Å²) in [5.41, 5.74) is -0.300. The molecule has 0 aliphatic heterocycles. The molecule has 2 N–H and O–H groups in total. The minimum atomic E-state index is -5.03. The summed E-state index contributed by atoms with van der Waals surface area (Å²) in [7, 11) is -10.1. The number of hydrogen-bond acceptors (Lipinski definition) is 10. The molecule has 2 rings (SSSR count). The van der Waals surface area contributed by atoms with Crippen molar-refractivity contribution in [3.05, 3.63) is 47.5 Å². The molecule has 2 aromatic rings. The Labute approximate surface area is 278 Å². The van der Waals surface area contributed by atoms with Crippen LogP contribution in [0.2, 0.25) is 0 Å². The Morgan fingerprint density at radius 2 is 1.05 bits per heavy atom. The summed E-state index contributed by atoms with van der Waals surface area (Å²) < 4.78 is 81.1. The topological polar surface area (TPSA) is 191 Å². The third-order valence-electron chi connectivity index (χ3n) is 4.60. The number of rotatable bonds is 10. The van der Waals surface area contributed by atoms with Crippen LogP contribution < -0.4 is 69.7 Å². The molecule has 2 aromatic carbocycles. The minimum Gasteiger partial charge on any atom is -0.744 e. The van der Waals surface area contributed by atoms with Crippen molar-refractivity contribution in [2.45, 2.75) is 37.5 Å². The number of amides is 2. The third kappa shape index (κ3) is 13.0. The maximum atomic E-state index is 11.9. The van der Waals surface area contributed by atoms with E-state index >= 15 is 0 Å². The fraction of sp³-hybridized carbons (Fsp3) is 0.333. The number of hydrogen-bond donors (Lipinski definition) is 2. The van der Waals surface area contributed by atoms with Crippen molar-refractivity contribution < 1.29 is 104 Å². The van der Waals surface area contributed by atoms with E-state index in [2.05, 4.69) is 10.6 Å². The second kappa shape index (κ2) is 16.9. The molecule has 0 bridgehead atoms. The summed E-state index contributed by atoms with van der Waals surface area (Å²) >= 11 is 0. The van der Waals surface area contributed by atoms with E-state index in [1.807, 2.05) is 27.7 Å². The molecule has 0 atom stereocenters. The van der Waals surface area contributed by atoms with Crippen LogP contribution in [0.4, 0.5) is 21.0 Å². The quantitative estimate of drug-likeness (QED) is 0.173. The molecule has 0 unspecified atom stereocenters. The molecule has 2 amide bonds. The van der Waals surface area contributed by atoms with Crippen molar-refractivity contribution in [3.8, 4) is 0 Å². The molecule has 0 aromatic heterocycles. The largest absolute Gasteiger partial charge is 1.00 e. The Hall–Kier alpha value is -1.46. The number of ether oxygens (including phenoxy) is 2. The van der Waals surface area contributed by atoms with Crippen molar-refractivity contribution in [1.82, 2.24) is 0 Å². The summed E-state index contributed by atoms with van der Waals surface area (Å²) in [6, 6.07) is 6.91. The van der Waals surface area contributed by atoms with Gasteiger partial charge < -0.3 is 18.6 Å². The summed E-state index contributed by atoms with van der Waals surface area (Å²) in [4.78, 5) is 22.3. The number of carbonyl (C=O) groups excluding carboxylic acids is 2. The van der Waals surface area contributed by atoms with Crippen LogP contribution in [0, 0.1) is 11.8 Å². The van der Waals surface area contributed by atoms with E-state index in [0.717, 1.165) is 24.3 Å². The van der Waals surface area contributed by atoms with E-state index in [0.29, 0.717) is 0 Å². The van der Waals surface area contributed by atoms with Gasteiger partial charge >= 0.3 is 71.3 Å². The van der Waals surface area contributed by atoms with Crippen LogP contribution in [0.15, 0.2) is 46.2 Å². The molecule has 0 spiro atoms. The molecule has 208 valence electrons. The van der Waals surface area contributed by atoms with Gasteiger partial charge in [-0.15, -0.1) is 0 Å².